The Morgan fingerprint density at radius 3 is 2.70 bits per heavy atom. The number of methoxy groups -OCH3 is 1. The standard InChI is InChI=1S/C14H12BrFN2O2/c1-20-9-3-5-13(17)10(7-9)14(19)18-8-2-4-12(16)11(15)6-8/h2-7H,17H2,1H3,(H,18,19). The zero-order chi connectivity index (χ0) is 14.7. The van der Waals surface area contributed by atoms with Crippen LogP contribution in [0.15, 0.2) is 40.9 Å². The third-order valence-electron chi connectivity index (χ3n) is 2.68. The van der Waals surface area contributed by atoms with E-state index in [2.05, 4.69) is 21.2 Å². The average molecular weight is 339 g/mol. The van der Waals surface area contributed by atoms with Crippen LogP contribution in [0.3, 0.4) is 0 Å². The number of anilines is 2. The number of hydrogen-bond donors (Lipinski definition) is 2. The Kier molecular flexibility index (Phi) is 4.24. The van der Waals surface area contributed by atoms with Crippen LogP contribution in [0.25, 0.3) is 0 Å². The number of benzene rings is 2. The Morgan fingerprint density at radius 2 is 2.05 bits per heavy atom. The quantitative estimate of drug-likeness (QED) is 0.842. The van der Waals surface area contributed by atoms with E-state index in [1.165, 1.54) is 25.3 Å². The van der Waals surface area contributed by atoms with Crippen molar-refractivity contribution in [3.63, 3.8) is 0 Å². The molecule has 1 amide bonds. The smallest absolute Gasteiger partial charge is 0.257 e. The highest BCUT2D eigenvalue weighted by atomic mass is 79.9. The minimum atomic E-state index is -0.399. The van der Waals surface area contributed by atoms with Gasteiger partial charge in [0.1, 0.15) is 11.6 Å². The number of nitrogens with two attached hydrogens (primary N) is 1. The molecule has 0 bridgehead atoms. The summed E-state index contributed by atoms with van der Waals surface area (Å²) in [7, 11) is 1.50. The van der Waals surface area contributed by atoms with Crippen LogP contribution in [0.4, 0.5) is 15.8 Å². The summed E-state index contributed by atoms with van der Waals surface area (Å²) in [6.45, 7) is 0. The van der Waals surface area contributed by atoms with E-state index >= 15 is 0 Å². The second-order valence-electron chi connectivity index (χ2n) is 4.04. The Labute approximate surface area is 123 Å². The van der Waals surface area contributed by atoms with Crippen LogP contribution in [-0.2, 0) is 0 Å². The highest BCUT2D eigenvalue weighted by molar-refractivity contribution is 9.10. The fourth-order valence-electron chi connectivity index (χ4n) is 1.63. The number of nitrogens with one attached hydrogen (secondary N) is 1. The zero-order valence-corrected chi connectivity index (χ0v) is 12.2. The van der Waals surface area contributed by atoms with Gasteiger partial charge in [0, 0.05) is 11.4 Å². The predicted octanol–water partition coefficient (Wildman–Crippen LogP) is 3.43. The maximum Gasteiger partial charge on any atom is 0.257 e. The van der Waals surface area contributed by atoms with Crippen molar-refractivity contribution < 1.29 is 13.9 Å². The Bertz CT molecular complexity index is 662. The van der Waals surface area contributed by atoms with E-state index in [9.17, 15) is 9.18 Å². The summed E-state index contributed by atoms with van der Waals surface area (Å²) in [6, 6.07) is 9.00. The van der Waals surface area contributed by atoms with Crippen molar-refractivity contribution in [2.45, 2.75) is 0 Å². The van der Waals surface area contributed by atoms with E-state index in [4.69, 9.17) is 10.5 Å². The van der Waals surface area contributed by atoms with Gasteiger partial charge < -0.3 is 15.8 Å². The number of carbonyl (C=O) groups excluding carboxylic acids is 1. The molecule has 0 aliphatic rings. The molecular formula is C14H12BrFN2O2. The number of rotatable bonds is 3. The number of hydrogen-bond acceptors (Lipinski definition) is 3. The average Bonchev–Trinajstić information content (AvgIpc) is 2.43. The van der Waals surface area contributed by atoms with E-state index in [0.717, 1.165) is 0 Å². The topological polar surface area (TPSA) is 64.3 Å². The molecule has 0 heterocycles. The molecule has 0 unspecified atom stereocenters. The lowest BCUT2D eigenvalue weighted by Crippen LogP contribution is -2.14. The molecule has 104 valence electrons. The van der Waals surface area contributed by atoms with Gasteiger partial charge in [-0.05, 0) is 52.3 Å². The molecular weight excluding hydrogens is 327 g/mol. The number of amides is 1. The first kappa shape index (κ1) is 14.3. The fourth-order valence-corrected chi connectivity index (χ4v) is 2.01. The summed E-state index contributed by atoms with van der Waals surface area (Å²) in [6.07, 6.45) is 0. The first-order valence-electron chi connectivity index (χ1n) is 5.71. The second-order valence-corrected chi connectivity index (χ2v) is 4.89. The summed E-state index contributed by atoms with van der Waals surface area (Å²) in [5.41, 5.74) is 6.86. The molecule has 0 saturated carbocycles. The van der Waals surface area contributed by atoms with Crippen LogP contribution >= 0.6 is 15.9 Å². The van der Waals surface area contributed by atoms with Gasteiger partial charge in [0.05, 0.1) is 17.1 Å². The van der Waals surface area contributed by atoms with Gasteiger partial charge in [-0.3, -0.25) is 4.79 Å². The molecule has 2 aromatic rings. The van der Waals surface area contributed by atoms with Crippen LogP contribution < -0.4 is 15.8 Å². The lowest BCUT2D eigenvalue weighted by atomic mass is 10.1. The normalized spacial score (nSPS) is 10.2. The maximum atomic E-state index is 13.1. The van der Waals surface area contributed by atoms with E-state index in [1.807, 2.05) is 0 Å². The van der Waals surface area contributed by atoms with Crippen molar-refractivity contribution in [2.24, 2.45) is 0 Å². The first-order valence-corrected chi connectivity index (χ1v) is 6.50. The first-order chi connectivity index (χ1) is 9.51. The highest BCUT2D eigenvalue weighted by Gasteiger charge is 2.12. The Hall–Kier alpha value is -2.08. The number of carbonyl (C=O) groups is 1. The summed E-state index contributed by atoms with van der Waals surface area (Å²) < 4.78 is 18.5. The number of nitrogen functional groups attached to an aromatic ring is 1. The molecule has 4 nitrogen and oxygen atoms in total. The summed E-state index contributed by atoms with van der Waals surface area (Å²) >= 11 is 3.06. The van der Waals surface area contributed by atoms with Crippen molar-refractivity contribution in [3.8, 4) is 5.75 Å². The molecule has 0 aliphatic heterocycles. The van der Waals surface area contributed by atoms with E-state index in [-0.39, 0.29) is 10.4 Å². The predicted molar refractivity (Wildman–Crippen MR) is 79.5 cm³/mol. The van der Waals surface area contributed by atoms with Gasteiger partial charge in [0.15, 0.2) is 0 Å². The fraction of sp³-hybridized carbons (Fsp3) is 0.0714. The molecule has 3 N–H and O–H groups in total. The highest BCUT2D eigenvalue weighted by Crippen LogP contribution is 2.23. The van der Waals surface area contributed by atoms with Crippen LogP contribution in [0.5, 0.6) is 5.75 Å². The van der Waals surface area contributed by atoms with E-state index in [1.54, 1.807) is 18.2 Å². The maximum absolute atomic E-state index is 13.1. The number of halogens is 2. The van der Waals surface area contributed by atoms with E-state index < -0.39 is 5.82 Å². The molecule has 0 spiro atoms. The van der Waals surface area contributed by atoms with Crippen LogP contribution in [-0.4, -0.2) is 13.0 Å². The third kappa shape index (κ3) is 3.08. The molecule has 0 aromatic heterocycles. The molecule has 0 fully saturated rings. The second kappa shape index (κ2) is 5.92. The number of ether oxygens (including phenoxy) is 1. The van der Waals surface area contributed by atoms with Gasteiger partial charge in [0.2, 0.25) is 0 Å². The molecule has 2 rings (SSSR count). The monoisotopic (exact) mass is 338 g/mol. The van der Waals surface area contributed by atoms with Gasteiger partial charge in [-0.25, -0.2) is 4.39 Å². The summed E-state index contributed by atoms with van der Waals surface area (Å²) in [5, 5.41) is 2.65. The molecule has 0 saturated heterocycles. The molecule has 0 aliphatic carbocycles. The Balaban J connectivity index is 2.25. The van der Waals surface area contributed by atoms with Crippen molar-refractivity contribution in [1.82, 2.24) is 0 Å². The van der Waals surface area contributed by atoms with Crippen LogP contribution in [0.2, 0.25) is 0 Å². The summed E-state index contributed by atoms with van der Waals surface area (Å²) in [5.74, 6) is -0.256. The van der Waals surface area contributed by atoms with Gasteiger partial charge in [-0.2, -0.15) is 0 Å². The largest absolute Gasteiger partial charge is 0.497 e. The van der Waals surface area contributed by atoms with Crippen LogP contribution in [0, 0.1) is 5.82 Å². The molecule has 0 radical (unpaired) electrons. The van der Waals surface area contributed by atoms with Gasteiger partial charge >= 0.3 is 0 Å². The third-order valence-corrected chi connectivity index (χ3v) is 3.29. The van der Waals surface area contributed by atoms with Crippen molar-refractivity contribution in [2.75, 3.05) is 18.2 Å². The van der Waals surface area contributed by atoms with Crippen molar-refractivity contribution in [3.05, 3.63) is 52.3 Å². The molecule has 6 heteroatoms. The van der Waals surface area contributed by atoms with E-state index in [0.29, 0.717) is 22.7 Å². The van der Waals surface area contributed by atoms with Gasteiger partial charge in [-0.1, -0.05) is 0 Å². The van der Waals surface area contributed by atoms with Crippen molar-refractivity contribution in [1.29, 1.82) is 0 Å². The van der Waals surface area contributed by atoms with Crippen molar-refractivity contribution >= 4 is 33.2 Å². The lowest BCUT2D eigenvalue weighted by molar-refractivity contribution is 0.102. The minimum absolute atomic E-state index is 0.272. The minimum Gasteiger partial charge on any atom is -0.497 e. The summed E-state index contributed by atoms with van der Waals surface area (Å²) in [4.78, 5) is 12.1. The van der Waals surface area contributed by atoms with Crippen LogP contribution in [0.1, 0.15) is 10.4 Å². The lowest BCUT2D eigenvalue weighted by Gasteiger charge is -2.09. The SMILES string of the molecule is COc1ccc(N)c(C(=O)Nc2ccc(F)c(Br)c2)c1. The molecule has 20 heavy (non-hydrogen) atoms. The molecule has 2 aromatic carbocycles. The van der Waals surface area contributed by atoms with Gasteiger partial charge in [0.25, 0.3) is 5.91 Å². The Morgan fingerprint density at radius 1 is 1.30 bits per heavy atom. The zero-order valence-electron chi connectivity index (χ0n) is 10.6. The van der Waals surface area contributed by atoms with Gasteiger partial charge in [-0.15, -0.1) is 0 Å². The molecule has 0 atom stereocenters.